The monoisotopic (exact) mass is 460 g/mol. The fourth-order valence-corrected chi connectivity index (χ4v) is 2.66. The van der Waals surface area contributed by atoms with E-state index in [9.17, 15) is 57.1 Å². The second-order valence-corrected chi connectivity index (χ2v) is 13.3. The van der Waals surface area contributed by atoms with E-state index in [0.29, 0.717) is 0 Å². The van der Waals surface area contributed by atoms with Crippen LogP contribution in [0.2, 0.25) is 12.6 Å². The van der Waals surface area contributed by atoms with E-state index in [0.717, 1.165) is 6.55 Å². The SMILES string of the molecule is C[Si](Cl)(Cl)CCC(F)(F)C(F)(F)C(F)(F)C(F)(F)C(F)(F)C(F)(F)F. The van der Waals surface area contributed by atoms with Crippen molar-refractivity contribution in [3.8, 4) is 0 Å². The summed E-state index contributed by atoms with van der Waals surface area (Å²) in [6, 6.07) is -1.27. The molecular formula is C9H7Cl2F13Si. The largest absolute Gasteiger partial charge is 0.460 e. The van der Waals surface area contributed by atoms with Crippen LogP contribution in [0.3, 0.4) is 0 Å². The molecule has 0 amide bonds. The third-order valence-corrected chi connectivity index (χ3v) is 5.14. The topological polar surface area (TPSA) is 0 Å². The molecule has 0 fully saturated rings. The average molecular weight is 461 g/mol. The van der Waals surface area contributed by atoms with E-state index in [4.69, 9.17) is 22.2 Å². The second-order valence-electron chi connectivity index (χ2n) is 5.07. The van der Waals surface area contributed by atoms with Crippen LogP contribution >= 0.6 is 22.2 Å². The molecule has 0 nitrogen and oxygen atoms in total. The summed E-state index contributed by atoms with van der Waals surface area (Å²) >= 11 is 10.5. The van der Waals surface area contributed by atoms with Gasteiger partial charge < -0.3 is 0 Å². The van der Waals surface area contributed by atoms with Crippen molar-refractivity contribution in [2.75, 3.05) is 0 Å². The van der Waals surface area contributed by atoms with Gasteiger partial charge in [0.2, 0.25) is 6.69 Å². The van der Waals surface area contributed by atoms with Gasteiger partial charge in [-0.2, -0.15) is 57.1 Å². The predicted octanol–water partition coefficient (Wildman–Crippen LogP) is 6.66. The summed E-state index contributed by atoms with van der Waals surface area (Å²) in [5.74, 6) is -36.7. The lowest BCUT2D eigenvalue weighted by molar-refractivity contribution is -0.439. The smallest absolute Gasteiger partial charge is 0.200 e. The zero-order valence-corrected chi connectivity index (χ0v) is 14.1. The van der Waals surface area contributed by atoms with E-state index in [-0.39, 0.29) is 0 Å². The van der Waals surface area contributed by atoms with Gasteiger partial charge in [-0.3, -0.25) is 0 Å². The van der Waals surface area contributed by atoms with Crippen molar-refractivity contribution in [3.63, 3.8) is 0 Å². The van der Waals surface area contributed by atoms with Gasteiger partial charge >= 0.3 is 35.8 Å². The standard InChI is InChI=1S/C9H7Cl2F13Si/c1-25(10,11)3-2-4(12,13)5(14,15)6(16,17)7(18,19)8(20,21)9(22,23)24/h2-3H2,1H3. The van der Waals surface area contributed by atoms with Crippen LogP contribution < -0.4 is 0 Å². The van der Waals surface area contributed by atoms with Crippen LogP contribution in [0.25, 0.3) is 0 Å². The maximum atomic E-state index is 13.3. The van der Waals surface area contributed by atoms with Crippen molar-refractivity contribution < 1.29 is 57.1 Å². The Morgan fingerprint density at radius 3 is 1.20 bits per heavy atom. The Labute approximate surface area is 141 Å². The highest BCUT2D eigenvalue weighted by atomic mass is 35.7. The van der Waals surface area contributed by atoms with Gasteiger partial charge in [-0.15, -0.1) is 22.2 Å². The third-order valence-electron chi connectivity index (χ3n) is 2.88. The van der Waals surface area contributed by atoms with Crippen molar-refractivity contribution in [2.45, 2.75) is 54.8 Å². The third kappa shape index (κ3) is 4.25. The summed E-state index contributed by atoms with van der Waals surface area (Å²) in [6.45, 7) is -2.79. The molecule has 0 heterocycles. The first-order chi connectivity index (χ1) is 10.5. The molecule has 0 aromatic heterocycles. The van der Waals surface area contributed by atoms with Crippen LogP contribution in [-0.2, 0) is 0 Å². The highest BCUT2D eigenvalue weighted by Gasteiger charge is 2.90. The number of halogens is 15. The minimum absolute atomic E-state index is 0.856. The zero-order valence-electron chi connectivity index (χ0n) is 11.6. The lowest BCUT2D eigenvalue weighted by atomic mass is 9.93. The van der Waals surface area contributed by atoms with E-state index < -0.39 is 54.9 Å². The van der Waals surface area contributed by atoms with Crippen molar-refractivity contribution in [1.82, 2.24) is 0 Å². The van der Waals surface area contributed by atoms with Crippen LogP contribution in [0.4, 0.5) is 57.1 Å². The van der Waals surface area contributed by atoms with E-state index in [1.165, 1.54) is 0 Å². The van der Waals surface area contributed by atoms with Gasteiger partial charge in [-0.25, -0.2) is 0 Å². The Bertz CT molecular complexity index is 479. The Morgan fingerprint density at radius 2 is 0.920 bits per heavy atom. The van der Waals surface area contributed by atoms with Gasteiger partial charge in [-0.05, 0) is 12.6 Å². The Morgan fingerprint density at radius 1 is 0.600 bits per heavy atom. The number of hydrogen-bond donors (Lipinski definition) is 0. The molecule has 0 aliphatic carbocycles. The molecule has 0 aromatic rings. The summed E-state index contributed by atoms with van der Waals surface area (Å²) in [7, 11) is 0. The van der Waals surface area contributed by atoms with Gasteiger partial charge in [0.1, 0.15) is 0 Å². The van der Waals surface area contributed by atoms with E-state index in [2.05, 4.69) is 0 Å². The Balaban J connectivity index is 6.03. The molecule has 0 N–H and O–H groups in total. The summed E-state index contributed by atoms with van der Waals surface area (Å²) in [6.07, 6.45) is -9.76. The highest BCUT2D eigenvalue weighted by Crippen LogP contribution is 2.60. The summed E-state index contributed by atoms with van der Waals surface area (Å²) in [4.78, 5) is 0. The Kier molecular flexibility index (Phi) is 6.47. The molecule has 0 atom stereocenters. The second kappa shape index (κ2) is 6.50. The van der Waals surface area contributed by atoms with Gasteiger partial charge in [0.15, 0.2) is 0 Å². The zero-order chi connectivity index (χ0) is 20.9. The normalized spacial score (nSPS) is 16.3. The first-order valence-corrected chi connectivity index (χ1v) is 10.5. The van der Waals surface area contributed by atoms with Crippen molar-refractivity contribution in [1.29, 1.82) is 0 Å². The molecule has 0 saturated carbocycles. The first-order valence-electron chi connectivity index (χ1n) is 5.79. The average Bonchev–Trinajstić information content (AvgIpc) is 2.33. The molecule has 0 spiro atoms. The van der Waals surface area contributed by atoms with E-state index >= 15 is 0 Å². The van der Waals surface area contributed by atoms with Crippen molar-refractivity contribution in [3.05, 3.63) is 0 Å². The number of hydrogen-bond acceptors (Lipinski definition) is 0. The summed E-state index contributed by atoms with van der Waals surface area (Å²) in [5, 5.41) is 0. The van der Waals surface area contributed by atoms with Crippen molar-refractivity contribution in [2.24, 2.45) is 0 Å². The maximum absolute atomic E-state index is 13.3. The predicted molar refractivity (Wildman–Crippen MR) is 63.5 cm³/mol. The minimum Gasteiger partial charge on any atom is -0.200 e. The number of rotatable bonds is 7. The van der Waals surface area contributed by atoms with Crippen LogP contribution in [0.1, 0.15) is 6.42 Å². The molecule has 0 bridgehead atoms. The van der Waals surface area contributed by atoms with E-state index in [1.54, 1.807) is 0 Å². The molecule has 16 heteroatoms. The summed E-state index contributed by atoms with van der Waals surface area (Å²) < 4.78 is 165. The maximum Gasteiger partial charge on any atom is 0.460 e. The molecule has 0 aromatic carbocycles. The van der Waals surface area contributed by atoms with Crippen LogP contribution in [0.5, 0.6) is 0 Å². The molecule has 0 aliphatic heterocycles. The minimum atomic E-state index is -7.88. The van der Waals surface area contributed by atoms with Crippen molar-refractivity contribution >= 4 is 28.9 Å². The number of alkyl halides is 13. The molecule has 0 rings (SSSR count). The Hall–Kier alpha value is -0.113. The first kappa shape index (κ1) is 24.9. The fraction of sp³-hybridized carbons (Fsp3) is 1.00. The highest BCUT2D eigenvalue weighted by molar-refractivity contribution is 7.44. The van der Waals surface area contributed by atoms with E-state index in [1.807, 2.05) is 0 Å². The lowest BCUT2D eigenvalue weighted by Gasteiger charge is -2.40. The van der Waals surface area contributed by atoms with Gasteiger partial charge in [0.05, 0.1) is 0 Å². The van der Waals surface area contributed by atoms with Crippen LogP contribution in [-0.4, -0.2) is 42.5 Å². The molecular weight excluding hydrogens is 454 g/mol. The molecule has 0 saturated heterocycles. The van der Waals surface area contributed by atoms with Gasteiger partial charge in [0, 0.05) is 6.42 Å². The molecule has 0 radical (unpaired) electrons. The van der Waals surface area contributed by atoms with Crippen LogP contribution in [0.15, 0.2) is 0 Å². The summed E-state index contributed by atoms with van der Waals surface area (Å²) in [5.41, 5.74) is 0. The lowest BCUT2D eigenvalue weighted by Crippen LogP contribution is -2.70. The quantitative estimate of drug-likeness (QED) is 0.226. The van der Waals surface area contributed by atoms with Gasteiger partial charge in [-0.1, -0.05) is 0 Å². The molecule has 152 valence electrons. The van der Waals surface area contributed by atoms with Crippen LogP contribution in [0, 0.1) is 0 Å². The molecule has 0 aliphatic rings. The fourth-order valence-electron chi connectivity index (χ4n) is 1.34. The van der Waals surface area contributed by atoms with Gasteiger partial charge in [0.25, 0.3) is 0 Å². The molecule has 0 unspecified atom stereocenters. The molecule has 25 heavy (non-hydrogen) atoms.